The molecule has 1 aliphatic carbocycles. The molecule has 7 heteroatoms. The molecular formula is C30H32Cl2N2O3. The van der Waals surface area contributed by atoms with E-state index in [1.807, 2.05) is 67.6 Å². The largest absolute Gasteiger partial charge is 0.484 e. The average Bonchev–Trinajstić information content (AvgIpc) is 3.40. The van der Waals surface area contributed by atoms with Crippen LogP contribution in [0.2, 0.25) is 10.0 Å². The number of hydrogen-bond acceptors (Lipinski definition) is 3. The highest BCUT2D eigenvalue weighted by molar-refractivity contribution is 6.42. The lowest BCUT2D eigenvalue weighted by Gasteiger charge is -2.32. The second kappa shape index (κ2) is 13.0. The summed E-state index contributed by atoms with van der Waals surface area (Å²) >= 11 is 12.4. The molecule has 0 spiro atoms. The number of aryl methyl sites for hydroxylation is 1. The third-order valence-electron chi connectivity index (χ3n) is 6.66. The number of hydrogen-bond donors (Lipinski definition) is 1. The van der Waals surface area contributed by atoms with Crippen molar-refractivity contribution in [1.29, 1.82) is 0 Å². The predicted octanol–water partition coefficient (Wildman–Crippen LogP) is 6.38. The van der Waals surface area contributed by atoms with Crippen molar-refractivity contribution in [3.63, 3.8) is 0 Å². The molecule has 1 fully saturated rings. The number of nitrogens with one attached hydrogen (secondary N) is 1. The summed E-state index contributed by atoms with van der Waals surface area (Å²) in [5, 5.41) is 4.04. The Morgan fingerprint density at radius 3 is 2.41 bits per heavy atom. The summed E-state index contributed by atoms with van der Waals surface area (Å²) in [6.45, 7) is 1.98. The minimum atomic E-state index is -0.717. The van der Waals surface area contributed by atoms with E-state index < -0.39 is 6.04 Å². The second-order valence-corrected chi connectivity index (χ2v) is 10.4. The molecule has 0 bridgehead atoms. The van der Waals surface area contributed by atoms with Crippen molar-refractivity contribution < 1.29 is 14.3 Å². The third-order valence-corrected chi connectivity index (χ3v) is 7.40. The summed E-state index contributed by atoms with van der Waals surface area (Å²) in [4.78, 5) is 29.0. The van der Waals surface area contributed by atoms with Crippen LogP contribution in [0.1, 0.15) is 42.4 Å². The Kier molecular flexibility index (Phi) is 9.48. The first-order valence-corrected chi connectivity index (χ1v) is 13.4. The topological polar surface area (TPSA) is 58.6 Å². The molecule has 1 saturated carbocycles. The molecule has 1 aliphatic rings. The predicted molar refractivity (Wildman–Crippen MR) is 148 cm³/mol. The first-order chi connectivity index (χ1) is 17.9. The monoisotopic (exact) mass is 538 g/mol. The third kappa shape index (κ3) is 7.73. The van der Waals surface area contributed by atoms with Gasteiger partial charge >= 0.3 is 0 Å². The van der Waals surface area contributed by atoms with Gasteiger partial charge in [0.1, 0.15) is 11.8 Å². The molecule has 2 amide bonds. The Bertz CT molecular complexity index is 1210. The Labute approximate surface area is 228 Å². The van der Waals surface area contributed by atoms with Crippen LogP contribution in [0, 0.1) is 6.92 Å². The summed E-state index contributed by atoms with van der Waals surface area (Å²) in [6.07, 6.45) is 4.51. The van der Waals surface area contributed by atoms with Crippen molar-refractivity contribution in [2.45, 2.75) is 57.7 Å². The molecule has 0 heterocycles. The summed E-state index contributed by atoms with van der Waals surface area (Å²) in [5.41, 5.74) is 2.79. The van der Waals surface area contributed by atoms with Gasteiger partial charge in [0, 0.05) is 19.0 Å². The molecule has 1 unspecified atom stereocenters. The van der Waals surface area contributed by atoms with Crippen LogP contribution in [0.3, 0.4) is 0 Å². The molecule has 37 heavy (non-hydrogen) atoms. The van der Waals surface area contributed by atoms with Crippen LogP contribution in [0.4, 0.5) is 0 Å². The van der Waals surface area contributed by atoms with E-state index in [9.17, 15) is 9.59 Å². The maximum atomic E-state index is 13.7. The number of amides is 2. The fourth-order valence-electron chi connectivity index (χ4n) is 4.69. The van der Waals surface area contributed by atoms with Crippen molar-refractivity contribution in [2.75, 3.05) is 6.61 Å². The van der Waals surface area contributed by atoms with Gasteiger partial charge < -0.3 is 15.0 Å². The van der Waals surface area contributed by atoms with Gasteiger partial charge in [-0.2, -0.15) is 0 Å². The first kappa shape index (κ1) is 27.0. The van der Waals surface area contributed by atoms with E-state index in [1.54, 1.807) is 17.0 Å². The Morgan fingerprint density at radius 1 is 0.946 bits per heavy atom. The van der Waals surface area contributed by atoms with E-state index in [4.69, 9.17) is 27.9 Å². The molecule has 1 atom stereocenters. The molecule has 1 N–H and O–H groups in total. The maximum absolute atomic E-state index is 13.7. The van der Waals surface area contributed by atoms with Crippen molar-refractivity contribution in [3.8, 4) is 5.75 Å². The molecule has 0 aromatic heterocycles. The van der Waals surface area contributed by atoms with Crippen LogP contribution in [0.15, 0.2) is 72.8 Å². The first-order valence-electron chi connectivity index (χ1n) is 12.7. The molecule has 0 aliphatic heterocycles. The van der Waals surface area contributed by atoms with Crippen LogP contribution in [0.5, 0.6) is 5.75 Å². The minimum absolute atomic E-state index is 0.135. The minimum Gasteiger partial charge on any atom is -0.484 e. The van der Waals surface area contributed by atoms with Gasteiger partial charge in [0.25, 0.3) is 5.91 Å². The van der Waals surface area contributed by atoms with E-state index in [0.717, 1.165) is 42.4 Å². The lowest BCUT2D eigenvalue weighted by molar-refractivity contribution is -0.143. The van der Waals surface area contributed by atoms with Crippen LogP contribution in [-0.2, 0) is 22.6 Å². The van der Waals surface area contributed by atoms with Crippen LogP contribution in [-0.4, -0.2) is 35.4 Å². The van der Waals surface area contributed by atoms with Crippen molar-refractivity contribution in [2.24, 2.45) is 0 Å². The summed E-state index contributed by atoms with van der Waals surface area (Å²) in [7, 11) is 0. The van der Waals surface area contributed by atoms with Gasteiger partial charge in [-0.25, -0.2) is 0 Å². The summed E-state index contributed by atoms with van der Waals surface area (Å²) in [5.74, 6) is 0.174. The number of benzene rings is 3. The fourth-order valence-corrected chi connectivity index (χ4v) is 5.01. The molecule has 4 rings (SSSR count). The molecule has 0 radical (unpaired) electrons. The molecular weight excluding hydrogens is 507 g/mol. The van der Waals surface area contributed by atoms with Crippen molar-refractivity contribution in [3.05, 3.63) is 99.5 Å². The quantitative estimate of drug-likeness (QED) is 0.325. The lowest BCUT2D eigenvalue weighted by atomic mass is 10.0. The van der Waals surface area contributed by atoms with Crippen molar-refractivity contribution in [1.82, 2.24) is 10.2 Å². The van der Waals surface area contributed by atoms with Gasteiger partial charge in [-0.3, -0.25) is 9.59 Å². The highest BCUT2D eigenvalue weighted by Crippen LogP contribution is 2.25. The Balaban J connectivity index is 1.62. The number of ether oxygens (including phenoxy) is 1. The zero-order chi connectivity index (χ0) is 26.2. The van der Waals surface area contributed by atoms with E-state index in [0.29, 0.717) is 22.2 Å². The SMILES string of the molecule is Cc1cccc(OCC(=O)N(Cc2ccc(Cl)c(Cl)c2)C(Cc2ccccc2)C(=O)NC2CCCC2)c1. The molecule has 0 saturated heterocycles. The highest BCUT2D eigenvalue weighted by atomic mass is 35.5. The Morgan fingerprint density at radius 2 is 1.70 bits per heavy atom. The number of carbonyl (C=O) groups excluding carboxylic acids is 2. The van der Waals surface area contributed by atoms with E-state index in [2.05, 4.69) is 5.32 Å². The van der Waals surface area contributed by atoms with Gasteiger partial charge in [0.15, 0.2) is 6.61 Å². The molecule has 5 nitrogen and oxygen atoms in total. The fraction of sp³-hybridized carbons (Fsp3) is 0.333. The summed E-state index contributed by atoms with van der Waals surface area (Å²) < 4.78 is 5.85. The second-order valence-electron chi connectivity index (χ2n) is 9.57. The smallest absolute Gasteiger partial charge is 0.261 e. The van der Waals surface area contributed by atoms with Crippen molar-refractivity contribution >= 4 is 35.0 Å². The van der Waals surface area contributed by atoms with Gasteiger partial charge in [-0.15, -0.1) is 0 Å². The van der Waals surface area contributed by atoms with Gasteiger partial charge in [-0.1, -0.05) is 84.6 Å². The number of halogens is 2. The van der Waals surface area contributed by atoms with Gasteiger partial charge in [0.05, 0.1) is 10.0 Å². The zero-order valence-corrected chi connectivity index (χ0v) is 22.5. The standard InChI is InChI=1S/C30H32Cl2N2O3/c1-21-8-7-13-25(16-21)37-20-29(35)34(19-23-14-15-26(31)27(32)17-23)28(18-22-9-3-2-4-10-22)30(36)33-24-11-5-6-12-24/h2-4,7-10,13-17,24,28H,5-6,11-12,18-20H2,1H3,(H,33,36). The normalized spacial score (nSPS) is 14.2. The van der Waals surface area contributed by atoms with Gasteiger partial charge in [0.2, 0.25) is 5.91 Å². The molecule has 194 valence electrons. The zero-order valence-electron chi connectivity index (χ0n) is 21.0. The van der Waals surface area contributed by atoms with E-state index in [1.165, 1.54) is 0 Å². The van der Waals surface area contributed by atoms with E-state index >= 15 is 0 Å². The van der Waals surface area contributed by atoms with E-state index in [-0.39, 0.29) is 31.0 Å². The number of rotatable bonds is 10. The van der Waals surface area contributed by atoms with Crippen LogP contribution >= 0.6 is 23.2 Å². The maximum Gasteiger partial charge on any atom is 0.261 e. The summed E-state index contributed by atoms with van der Waals surface area (Å²) in [6, 6.07) is 22.0. The lowest BCUT2D eigenvalue weighted by Crippen LogP contribution is -2.53. The Hall–Kier alpha value is -3.02. The number of nitrogens with zero attached hydrogens (tertiary/aromatic N) is 1. The molecule has 3 aromatic rings. The highest BCUT2D eigenvalue weighted by Gasteiger charge is 2.32. The van der Waals surface area contributed by atoms with Crippen LogP contribution < -0.4 is 10.1 Å². The van der Waals surface area contributed by atoms with Gasteiger partial charge in [-0.05, 0) is 60.7 Å². The molecule has 3 aromatic carbocycles. The number of carbonyl (C=O) groups is 2. The van der Waals surface area contributed by atoms with Crippen LogP contribution in [0.25, 0.3) is 0 Å². The average molecular weight is 540 g/mol.